The zero-order chi connectivity index (χ0) is 15.9. The summed E-state index contributed by atoms with van der Waals surface area (Å²) in [5, 5.41) is 12.7. The summed E-state index contributed by atoms with van der Waals surface area (Å²) in [5.74, 6) is -0.0768. The van der Waals surface area contributed by atoms with Crippen molar-refractivity contribution in [1.29, 1.82) is 0 Å². The molecule has 1 amide bonds. The van der Waals surface area contributed by atoms with Crippen LogP contribution in [0.2, 0.25) is 0 Å². The normalized spacial score (nSPS) is 12.2. The molecule has 0 aromatic heterocycles. The Labute approximate surface area is 132 Å². The molecule has 0 radical (unpaired) electrons. The predicted molar refractivity (Wildman–Crippen MR) is 89.8 cm³/mol. The van der Waals surface area contributed by atoms with Crippen molar-refractivity contribution in [2.24, 2.45) is 5.92 Å². The lowest BCUT2D eigenvalue weighted by Crippen LogP contribution is -2.24. The average molecular weight is 297 g/mol. The molecular weight excluding hydrogens is 274 g/mol. The number of aliphatic hydroxyl groups excluding tert-OH is 1. The number of rotatable bonds is 6. The number of carbonyl (C=O) groups excluding carboxylic acids is 1. The van der Waals surface area contributed by atoms with Gasteiger partial charge in [-0.2, -0.15) is 0 Å². The molecule has 22 heavy (non-hydrogen) atoms. The molecule has 1 atom stereocenters. The summed E-state index contributed by atoms with van der Waals surface area (Å²) in [6.45, 7) is 3.81. The maximum atomic E-state index is 12.1. The highest BCUT2D eigenvalue weighted by Crippen LogP contribution is 2.19. The minimum Gasteiger partial charge on any atom is -0.392 e. The monoisotopic (exact) mass is 297 g/mol. The van der Waals surface area contributed by atoms with Gasteiger partial charge in [0.2, 0.25) is 5.91 Å². The molecule has 3 heteroatoms. The van der Waals surface area contributed by atoms with E-state index in [1.54, 1.807) is 0 Å². The Bertz CT molecular complexity index is 608. The zero-order valence-corrected chi connectivity index (χ0v) is 13.1. The van der Waals surface area contributed by atoms with E-state index >= 15 is 0 Å². The Morgan fingerprint density at radius 2 is 1.68 bits per heavy atom. The molecule has 2 rings (SSSR count). The molecule has 0 fully saturated rings. The molecule has 2 N–H and O–H groups in total. The van der Waals surface area contributed by atoms with Crippen LogP contribution in [0.25, 0.3) is 0 Å². The van der Waals surface area contributed by atoms with Gasteiger partial charge in [-0.3, -0.25) is 4.79 Å². The summed E-state index contributed by atoms with van der Waals surface area (Å²) < 4.78 is 0. The fourth-order valence-corrected chi connectivity index (χ4v) is 2.24. The van der Waals surface area contributed by atoms with Gasteiger partial charge in [-0.25, -0.2) is 0 Å². The third-order valence-corrected chi connectivity index (χ3v) is 3.69. The van der Waals surface area contributed by atoms with E-state index in [-0.39, 0.29) is 18.2 Å². The number of nitrogens with one attached hydrogen (secondary N) is 1. The lowest BCUT2D eigenvalue weighted by Gasteiger charge is -2.15. The highest BCUT2D eigenvalue weighted by atomic mass is 16.3. The molecule has 0 saturated heterocycles. The molecule has 0 saturated carbocycles. The molecule has 116 valence electrons. The van der Waals surface area contributed by atoms with Crippen molar-refractivity contribution < 1.29 is 9.90 Å². The number of hydrogen-bond acceptors (Lipinski definition) is 2. The summed E-state index contributed by atoms with van der Waals surface area (Å²) in [4.78, 5) is 12.1. The maximum Gasteiger partial charge on any atom is 0.226 e. The molecule has 0 aliphatic heterocycles. The summed E-state index contributed by atoms with van der Waals surface area (Å²) in [6, 6.07) is 17.9. The van der Waals surface area contributed by atoms with Crippen molar-refractivity contribution in [2.45, 2.75) is 32.8 Å². The summed E-state index contributed by atoms with van der Waals surface area (Å²) in [6.07, 6.45) is 0.280. The zero-order valence-electron chi connectivity index (χ0n) is 13.1. The highest BCUT2D eigenvalue weighted by molar-refractivity contribution is 5.91. The van der Waals surface area contributed by atoms with Crippen LogP contribution in [0.3, 0.4) is 0 Å². The molecule has 2 aromatic rings. The summed E-state index contributed by atoms with van der Waals surface area (Å²) >= 11 is 0. The van der Waals surface area contributed by atoms with E-state index in [2.05, 4.69) is 17.4 Å². The lowest BCUT2D eigenvalue weighted by atomic mass is 10.0. The third-order valence-electron chi connectivity index (χ3n) is 3.69. The Balaban J connectivity index is 2.07. The minimum atomic E-state index is -0.610. The molecule has 3 nitrogen and oxygen atoms in total. The topological polar surface area (TPSA) is 49.3 Å². The van der Waals surface area contributed by atoms with Gasteiger partial charge < -0.3 is 10.4 Å². The van der Waals surface area contributed by atoms with Crippen molar-refractivity contribution in [1.82, 2.24) is 0 Å². The molecule has 0 heterocycles. The van der Waals surface area contributed by atoms with Gasteiger partial charge in [0.25, 0.3) is 0 Å². The molecule has 0 aliphatic carbocycles. The van der Waals surface area contributed by atoms with Gasteiger partial charge in [-0.1, -0.05) is 62.4 Å². The van der Waals surface area contributed by atoms with Crippen LogP contribution in [-0.4, -0.2) is 17.1 Å². The molecule has 2 aromatic carbocycles. The van der Waals surface area contributed by atoms with Crippen LogP contribution in [-0.2, 0) is 11.2 Å². The number of benzene rings is 2. The van der Waals surface area contributed by atoms with Gasteiger partial charge in [0.15, 0.2) is 0 Å². The second-order valence-corrected chi connectivity index (χ2v) is 5.88. The van der Waals surface area contributed by atoms with Gasteiger partial charge >= 0.3 is 0 Å². The highest BCUT2D eigenvalue weighted by Gasteiger charge is 2.15. The van der Waals surface area contributed by atoms with E-state index in [0.717, 1.165) is 17.7 Å². The van der Waals surface area contributed by atoms with Gasteiger partial charge in [-0.15, -0.1) is 0 Å². The standard InChI is InChI=1S/C19H23NO2/c1-14(2)18(21)13-19(22)20-17-11-7-6-10-16(17)12-15-8-4-3-5-9-15/h3-11,14,18,21H,12-13H2,1-2H3,(H,20,22). The number of para-hydroxylation sites is 1. The van der Waals surface area contributed by atoms with E-state index in [1.165, 1.54) is 5.56 Å². The smallest absolute Gasteiger partial charge is 0.226 e. The van der Waals surface area contributed by atoms with Gasteiger partial charge in [0, 0.05) is 5.69 Å². The van der Waals surface area contributed by atoms with E-state index in [9.17, 15) is 9.90 Å². The maximum absolute atomic E-state index is 12.1. The Morgan fingerprint density at radius 3 is 2.36 bits per heavy atom. The van der Waals surface area contributed by atoms with Crippen LogP contribution >= 0.6 is 0 Å². The second kappa shape index (κ2) is 7.76. The summed E-state index contributed by atoms with van der Waals surface area (Å²) in [7, 11) is 0. The van der Waals surface area contributed by atoms with Crippen molar-refractivity contribution in [3.63, 3.8) is 0 Å². The van der Waals surface area contributed by atoms with Crippen LogP contribution in [0, 0.1) is 5.92 Å². The first kappa shape index (κ1) is 16.2. The fourth-order valence-electron chi connectivity index (χ4n) is 2.24. The Kier molecular flexibility index (Phi) is 5.73. The molecule has 1 unspecified atom stereocenters. The molecule has 0 aliphatic rings. The number of anilines is 1. The fraction of sp³-hybridized carbons (Fsp3) is 0.316. The number of aliphatic hydroxyl groups is 1. The number of carbonyl (C=O) groups is 1. The molecular formula is C19H23NO2. The number of amides is 1. The quantitative estimate of drug-likeness (QED) is 0.855. The van der Waals surface area contributed by atoms with Gasteiger partial charge in [0.05, 0.1) is 12.5 Å². The lowest BCUT2D eigenvalue weighted by molar-refractivity contribution is -0.118. The van der Waals surface area contributed by atoms with Crippen molar-refractivity contribution in [3.05, 3.63) is 65.7 Å². The first-order valence-corrected chi connectivity index (χ1v) is 7.66. The largest absolute Gasteiger partial charge is 0.392 e. The van der Waals surface area contributed by atoms with Crippen LogP contribution in [0.4, 0.5) is 5.69 Å². The average Bonchev–Trinajstić information content (AvgIpc) is 2.50. The first-order chi connectivity index (χ1) is 10.6. The number of hydrogen-bond donors (Lipinski definition) is 2. The first-order valence-electron chi connectivity index (χ1n) is 7.66. The Hall–Kier alpha value is -2.13. The molecule has 0 bridgehead atoms. The molecule has 0 spiro atoms. The van der Waals surface area contributed by atoms with Crippen LogP contribution < -0.4 is 5.32 Å². The van der Waals surface area contributed by atoms with Crippen LogP contribution in [0.5, 0.6) is 0 Å². The Morgan fingerprint density at radius 1 is 1.05 bits per heavy atom. The van der Waals surface area contributed by atoms with E-state index < -0.39 is 6.10 Å². The minimum absolute atomic E-state index is 0.0744. The van der Waals surface area contributed by atoms with Crippen molar-refractivity contribution >= 4 is 11.6 Å². The third kappa shape index (κ3) is 4.71. The van der Waals surface area contributed by atoms with Gasteiger partial charge in [0.1, 0.15) is 0 Å². The van der Waals surface area contributed by atoms with E-state index in [1.807, 2.05) is 56.3 Å². The van der Waals surface area contributed by atoms with Crippen LogP contribution in [0.15, 0.2) is 54.6 Å². The van der Waals surface area contributed by atoms with Gasteiger partial charge in [-0.05, 0) is 29.5 Å². The van der Waals surface area contributed by atoms with Crippen LogP contribution in [0.1, 0.15) is 31.4 Å². The van der Waals surface area contributed by atoms with Crippen molar-refractivity contribution in [3.8, 4) is 0 Å². The van der Waals surface area contributed by atoms with E-state index in [4.69, 9.17) is 0 Å². The second-order valence-electron chi connectivity index (χ2n) is 5.88. The SMILES string of the molecule is CC(C)C(O)CC(=O)Nc1ccccc1Cc1ccccc1. The summed E-state index contributed by atoms with van der Waals surface area (Å²) in [5.41, 5.74) is 3.08. The van der Waals surface area contributed by atoms with Crippen molar-refractivity contribution in [2.75, 3.05) is 5.32 Å². The predicted octanol–water partition coefficient (Wildman–Crippen LogP) is 3.62. The van der Waals surface area contributed by atoms with E-state index in [0.29, 0.717) is 0 Å².